The Morgan fingerprint density at radius 2 is 1.60 bits per heavy atom. The maximum atomic E-state index is 13.6. The lowest BCUT2D eigenvalue weighted by Gasteiger charge is -2.22. The lowest BCUT2D eigenvalue weighted by Crippen LogP contribution is -2.39. The van der Waals surface area contributed by atoms with Crippen molar-refractivity contribution in [3.63, 3.8) is 0 Å². The number of nitrogens with one attached hydrogen (secondary N) is 1. The van der Waals surface area contributed by atoms with Crippen LogP contribution >= 0.6 is 0 Å². The molecule has 9 heteroatoms. The minimum absolute atomic E-state index is 0.0112. The molecule has 0 aliphatic carbocycles. The van der Waals surface area contributed by atoms with Gasteiger partial charge in [0.05, 0.1) is 32.3 Å². The first-order valence-corrected chi connectivity index (χ1v) is 12.6. The van der Waals surface area contributed by atoms with Crippen molar-refractivity contribution in [1.29, 1.82) is 0 Å². The summed E-state index contributed by atoms with van der Waals surface area (Å²) in [6, 6.07) is 20.8. The summed E-state index contributed by atoms with van der Waals surface area (Å²) in [5, 5.41) is 2.76. The highest BCUT2D eigenvalue weighted by molar-refractivity contribution is 7.89. The molecule has 3 aromatic rings. The summed E-state index contributed by atoms with van der Waals surface area (Å²) >= 11 is 0. The van der Waals surface area contributed by atoms with Gasteiger partial charge < -0.3 is 19.5 Å². The Kier molecular flexibility index (Phi) is 9.11. The molecule has 0 aromatic heterocycles. The highest BCUT2D eigenvalue weighted by Gasteiger charge is 2.28. The van der Waals surface area contributed by atoms with Gasteiger partial charge in [-0.2, -0.15) is 4.31 Å². The minimum atomic E-state index is -4.01. The molecule has 0 unspecified atom stereocenters. The van der Waals surface area contributed by atoms with E-state index in [0.29, 0.717) is 30.2 Å². The van der Waals surface area contributed by atoms with E-state index < -0.39 is 15.9 Å². The van der Waals surface area contributed by atoms with Gasteiger partial charge in [-0.25, -0.2) is 8.42 Å². The summed E-state index contributed by atoms with van der Waals surface area (Å²) in [5.74, 6) is 0.934. The molecular formula is C26H30N2O6S. The van der Waals surface area contributed by atoms with E-state index in [4.69, 9.17) is 14.2 Å². The van der Waals surface area contributed by atoms with E-state index in [9.17, 15) is 13.2 Å². The van der Waals surface area contributed by atoms with Gasteiger partial charge in [0.2, 0.25) is 15.9 Å². The molecular weight excluding hydrogens is 468 g/mol. The molecule has 3 aromatic carbocycles. The van der Waals surface area contributed by atoms with Crippen molar-refractivity contribution < 1.29 is 27.4 Å². The first kappa shape index (κ1) is 26.1. The lowest BCUT2D eigenvalue weighted by molar-refractivity contribution is -0.116. The van der Waals surface area contributed by atoms with Gasteiger partial charge in [-0.1, -0.05) is 30.3 Å². The van der Waals surface area contributed by atoms with Gasteiger partial charge in [-0.05, 0) is 55.3 Å². The van der Waals surface area contributed by atoms with Crippen LogP contribution in [0, 0.1) is 0 Å². The highest BCUT2D eigenvalue weighted by atomic mass is 32.2. The van der Waals surface area contributed by atoms with Gasteiger partial charge >= 0.3 is 0 Å². The molecule has 8 nitrogen and oxygen atoms in total. The Morgan fingerprint density at radius 1 is 0.914 bits per heavy atom. The fourth-order valence-electron chi connectivity index (χ4n) is 3.47. The molecule has 0 radical (unpaired) electrons. The third-order valence-corrected chi connectivity index (χ3v) is 7.10. The number of amides is 1. The van der Waals surface area contributed by atoms with Crippen LogP contribution in [-0.4, -0.2) is 52.5 Å². The maximum absolute atomic E-state index is 13.6. The van der Waals surface area contributed by atoms with Gasteiger partial charge in [-0.15, -0.1) is 0 Å². The van der Waals surface area contributed by atoms with Crippen LogP contribution in [0.1, 0.15) is 12.5 Å². The quantitative estimate of drug-likeness (QED) is 0.406. The van der Waals surface area contributed by atoms with Crippen LogP contribution in [0.25, 0.3) is 0 Å². The molecule has 0 aliphatic rings. The number of methoxy groups -OCH3 is 2. The SMILES string of the molecule is CCOc1ccc(NC(=O)CN(CCc2ccccc2)S(=O)(=O)c2ccc(OC)c(OC)c2)cc1. The number of carbonyl (C=O) groups is 1. The van der Waals surface area contributed by atoms with Crippen molar-refractivity contribution in [3.05, 3.63) is 78.4 Å². The molecule has 35 heavy (non-hydrogen) atoms. The van der Waals surface area contributed by atoms with E-state index in [2.05, 4.69) is 5.32 Å². The van der Waals surface area contributed by atoms with Crippen molar-refractivity contribution >= 4 is 21.6 Å². The van der Waals surface area contributed by atoms with Gasteiger partial charge in [0.25, 0.3) is 0 Å². The second-order valence-corrected chi connectivity index (χ2v) is 9.53. The van der Waals surface area contributed by atoms with E-state index in [0.717, 1.165) is 5.56 Å². The summed E-state index contributed by atoms with van der Waals surface area (Å²) in [5.41, 5.74) is 1.51. The monoisotopic (exact) mass is 498 g/mol. The summed E-state index contributed by atoms with van der Waals surface area (Å²) in [4.78, 5) is 12.9. The lowest BCUT2D eigenvalue weighted by atomic mass is 10.1. The first-order valence-electron chi connectivity index (χ1n) is 11.2. The smallest absolute Gasteiger partial charge is 0.243 e. The van der Waals surface area contributed by atoms with Gasteiger partial charge in [-0.3, -0.25) is 4.79 Å². The molecule has 1 N–H and O–H groups in total. The second kappa shape index (κ2) is 12.2. The van der Waals surface area contributed by atoms with Crippen LogP contribution in [0.4, 0.5) is 5.69 Å². The number of hydrogen-bond donors (Lipinski definition) is 1. The average molecular weight is 499 g/mol. The summed E-state index contributed by atoms with van der Waals surface area (Å²) in [7, 11) is -1.10. The second-order valence-electron chi connectivity index (χ2n) is 7.60. The number of nitrogens with zero attached hydrogens (tertiary/aromatic N) is 1. The van der Waals surface area contributed by atoms with Crippen LogP contribution in [0.2, 0.25) is 0 Å². The fraction of sp³-hybridized carbons (Fsp3) is 0.269. The molecule has 186 valence electrons. The molecule has 0 spiro atoms. The van der Waals surface area contributed by atoms with E-state index in [-0.39, 0.29) is 23.7 Å². The fourth-order valence-corrected chi connectivity index (χ4v) is 4.88. The maximum Gasteiger partial charge on any atom is 0.243 e. The largest absolute Gasteiger partial charge is 0.494 e. The number of sulfonamides is 1. The highest BCUT2D eigenvalue weighted by Crippen LogP contribution is 2.30. The topological polar surface area (TPSA) is 94.2 Å². The van der Waals surface area contributed by atoms with Crippen LogP contribution < -0.4 is 19.5 Å². The Labute approximate surface area is 206 Å². The van der Waals surface area contributed by atoms with E-state index >= 15 is 0 Å². The van der Waals surface area contributed by atoms with Crippen molar-refractivity contribution in [2.75, 3.05) is 39.2 Å². The number of benzene rings is 3. The van der Waals surface area contributed by atoms with E-state index in [1.54, 1.807) is 24.3 Å². The number of anilines is 1. The predicted molar refractivity (Wildman–Crippen MR) is 135 cm³/mol. The normalized spacial score (nSPS) is 11.2. The Morgan fingerprint density at radius 3 is 2.23 bits per heavy atom. The number of rotatable bonds is 12. The molecule has 0 aliphatic heterocycles. The summed E-state index contributed by atoms with van der Waals surface area (Å²) in [6.07, 6.45) is 0.448. The van der Waals surface area contributed by atoms with Crippen molar-refractivity contribution in [2.24, 2.45) is 0 Å². The standard InChI is InChI=1S/C26H30N2O6S/c1-4-34-22-12-10-21(11-13-22)27-26(29)19-28(17-16-20-8-6-5-7-9-20)35(30,31)23-14-15-24(32-2)25(18-23)33-3/h5-15,18H,4,16-17,19H2,1-3H3,(H,27,29). The average Bonchev–Trinajstić information content (AvgIpc) is 2.87. The molecule has 1 amide bonds. The molecule has 0 bridgehead atoms. The predicted octanol–water partition coefficient (Wildman–Crippen LogP) is 3.97. The summed E-state index contributed by atoms with van der Waals surface area (Å²) in [6.45, 7) is 2.20. The third kappa shape index (κ3) is 6.97. The van der Waals surface area contributed by atoms with Crippen molar-refractivity contribution in [2.45, 2.75) is 18.2 Å². The van der Waals surface area contributed by atoms with Gasteiger partial charge in [0, 0.05) is 18.3 Å². The zero-order valence-corrected chi connectivity index (χ0v) is 20.9. The van der Waals surface area contributed by atoms with Crippen molar-refractivity contribution in [1.82, 2.24) is 4.31 Å². The van der Waals surface area contributed by atoms with Crippen LogP contribution in [0.5, 0.6) is 17.2 Å². The van der Waals surface area contributed by atoms with Crippen LogP contribution in [0.3, 0.4) is 0 Å². The first-order chi connectivity index (χ1) is 16.9. The Balaban J connectivity index is 1.83. The zero-order chi connectivity index (χ0) is 25.3. The third-order valence-electron chi connectivity index (χ3n) is 5.25. The Hall–Kier alpha value is -3.56. The van der Waals surface area contributed by atoms with Crippen molar-refractivity contribution in [3.8, 4) is 17.2 Å². The number of carbonyl (C=O) groups excluding carboxylic acids is 1. The Bertz CT molecular complexity index is 1210. The minimum Gasteiger partial charge on any atom is -0.494 e. The van der Waals surface area contributed by atoms with E-state index in [1.807, 2.05) is 37.3 Å². The molecule has 0 saturated carbocycles. The number of hydrogen-bond acceptors (Lipinski definition) is 6. The van der Waals surface area contributed by atoms with Gasteiger partial charge in [0.15, 0.2) is 11.5 Å². The van der Waals surface area contributed by atoms with Crippen LogP contribution in [-0.2, 0) is 21.2 Å². The van der Waals surface area contributed by atoms with Crippen LogP contribution in [0.15, 0.2) is 77.7 Å². The van der Waals surface area contributed by atoms with E-state index in [1.165, 1.54) is 36.7 Å². The molecule has 0 heterocycles. The summed E-state index contributed by atoms with van der Waals surface area (Å²) < 4.78 is 44.2. The number of ether oxygens (including phenoxy) is 3. The molecule has 0 atom stereocenters. The molecule has 3 rings (SSSR count). The molecule has 0 fully saturated rings. The zero-order valence-electron chi connectivity index (χ0n) is 20.1. The molecule has 0 saturated heterocycles. The van der Waals surface area contributed by atoms with Gasteiger partial charge in [0.1, 0.15) is 5.75 Å².